The highest BCUT2D eigenvalue weighted by atomic mass is 19.4. The highest BCUT2D eigenvalue weighted by molar-refractivity contribution is 5.89. The lowest BCUT2D eigenvalue weighted by atomic mass is 9.89. The van der Waals surface area contributed by atoms with E-state index in [1.54, 1.807) is 0 Å². The minimum Gasteiger partial charge on any atom is -0.338 e. The Hall–Kier alpha value is -1.72. The summed E-state index contributed by atoms with van der Waals surface area (Å²) < 4.78 is 37.8. The number of hydrogen-bond donors (Lipinski definition) is 2. The predicted octanol–water partition coefficient (Wildman–Crippen LogP) is 4.26. The van der Waals surface area contributed by atoms with Crippen molar-refractivity contribution in [3.05, 3.63) is 29.8 Å². The molecule has 0 radical (unpaired) electrons. The third-order valence-corrected chi connectivity index (χ3v) is 4.86. The zero-order chi connectivity index (χ0) is 15.7. The van der Waals surface area contributed by atoms with Crippen molar-refractivity contribution < 1.29 is 18.0 Å². The Kier molecular flexibility index (Phi) is 4.02. The molecule has 2 N–H and O–H groups in total. The number of alkyl halides is 3. The number of hydrogen-bond acceptors (Lipinski definition) is 1. The molecule has 0 saturated heterocycles. The van der Waals surface area contributed by atoms with Crippen LogP contribution in [0, 0.1) is 17.8 Å². The molecular weight excluding hydrogens is 293 g/mol. The fourth-order valence-corrected chi connectivity index (χ4v) is 3.80. The van der Waals surface area contributed by atoms with Crippen molar-refractivity contribution in [2.45, 2.75) is 31.9 Å². The molecule has 0 aliphatic heterocycles. The Morgan fingerprint density at radius 2 is 2.05 bits per heavy atom. The van der Waals surface area contributed by atoms with Gasteiger partial charge >= 0.3 is 12.2 Å². The lowest BCUT2D eigenvalue weighted by molar-refractivity contribution is -0.137. The molecule has 2 aliphatic carbocycles. The number of urea groups is 1. The molecule has 2 aliphatic rings. The Bertz CT molecular complexity index is 559. The van der Waals surface area contributed by atoms with Crippen molar-refractivity contribution in [1.29, 1.82) is 0 Å². The van der Waals surface area contributed by atoms with Gasteiger partial charge in [-0.05, 0) is 55.2 Å². The first kappa shape index (κ1) is 15.2. The summed E-state index contributed by atoms with van der Waals surface area (Å²) >= 11 is 0. The largest absolute Gasteiger partial charge is 0.416 e. The number of fused-ring (bicyclic) bond motifs is 2. The van der Waals surface area contributed by atoms with Crippen LogP contribution in [-0.4, -0.2) is 12.6 Å². The number of halogens is 3. The average molecular weight is 312 g/mol. The van der Waals surface area contributed by atoms with Crippen LogP contribution in [0.3, 0.4) is 0 Å². The topological polar surface area (TPSA) is 41.1 Å². The number of anilines is 1. The van der Waals surface area contributed by atoms with Crippen LogP contribution in [0.1, 0.15) is 31.2 Å². The van der Waals surface area contributed by atoms with Crippen LogP contribution in [0.4, 0.5) is 23.7 Å². The maximum Gasteiger partial charge on any atom is 0.416 e. The maximum absolute atomic E-state index is 12.6. The number of carbonyl (C=O) groups excluding carboxylic acids is 1. The van der Waals surface area contributed by atoms with Crippen molar-refractivity contribution in [1.82, 2.24) is 5.32 Å². The molecule has 2 fully saturated rings. The molecule has 120 valence electrons. The van der Waals surface area contributed by atoms with Crippen molar-refractivity contribution in [3.8, 4) is 0 Å². The van der Waals surface area contributed by atoms with Gasteiger partial charge in [-0.15, -0.1) is 0 Å². The van der Waals surface area contributed by atoms with Gasteiger partial charge in [-0.1, -0.05) is 12.5 Å². The molecule has 22 heavy (non-hydrogen) atoms. The Labute approximate surface area is 127 Å². The van der Waals surface area contributed by atoms with Crippen LogP contribution < -0.4 is 10.6 Å². The first-order valence-electron chi connectivity index (χ1n) is 7.64. The van der Waals surface area contributed by atoms with Crippen LogP contribution >= 0.6 is 0 Å². The van der Waals surface area contributed by atoms with Gasteiger partial charge in [0, 0.05) is 12.2 Å². The highest BCUT2D eigenvalue weighted by Crippen LogP contribution is 2.47. The fraction of sp³-hybridized carbons (Fsp3) is 0.562. The van der Waals surface area contributed by atoms with Crippen LogP contribution in [-0.2, 0) is 6.18 Å². The van der Waals surface area contributed by atoms with Gasteiger partial charge in [0.25, 0.3) is 0 Å². The van der Waals surface area contributed by atoms with E-state index in [-0.39, 0.29) is 5.69 Å². The van der Waals surface area contributed by atoms with Crippen LogP contribution in [0.15, 0.2) is 24.3 Å². The van der Waals surface area contributed by atoms with Gasteiger partial charge in [-0.2, -0.15) is 13.2 Å². The smallest absolute Gasteiger partial charge is 0.338 e. The van der Waals surface area contributed by atoms with E-state index in [1.807, 2.05) is 0 Å². The number of rotatable bonds is 3. The molecule has 3 nitrogen and oxygen atoms in total. The monoisotopic (exact) mass is 312 g/mol. The van der Waals surface area contributed by atoms with Gasteiger partial charge in [0.15, 0.2) is 0 Å². The number of amides is 2. The van der Waals surface area contributed by atoms with Crippen molar-refractivity contribution in [2.24, 2.45) is 17.8 Å². The van der Waals surface area contributed by atoms with Crippen molar-refractivity contribution >= 4 is 11.7 Å². The van der Waals surface area contributed by atoms with Crippen LogP contribution in [0.2, 0.25) is 0 Å². The SMILES string of the molecule is O=C(NCC1CC2CCC1C2)Nc1cccc(C(F)(F)F)c1. The summed E-state index contributed by atoms with van der Waals surface area (Å²) in [6, 6.07) is 4.22. The first-order chi connectivity index (χ1) is 10.4. The lowest BCUT2D eigenvalue weighted by Gasteiger charge is -2.21. The molecule has 2 saturated carbocycles. The van der Waals surface area contributed by atoms with E-state index >= 15 is 0 Å². The predicted molar refractivity (Wildman–Crippen MR) is 77.4 cm³/mol. The maximum atomic E-state index is 12.6. The van der Waals surface area contributed by atoms with Crippen LogP contribution in [0.25, 0.3) is 0 Å². The summed E-state index contributed by atoms with van der Waals surface area (Å²) in [5.74, 6) is 2.04. The number of carbonyl (C=O) groups is 1. The highest BCUT2D eigenvalue weighted by Gasteiger charge is 2.39. The summed E-state index contributed by atoms with van der Waals surface area (Å²) in [5, 5.41) is 5.26. The molecular formula is C16H19F3N2O. The average Bonchev–Trinajstić information content (AvgIpc) is 3.07. The van der Waals surface area contributed by atoms with Gasteiger partial charge in [-0.25, -0.2) is 4.79 Å². The van der Waals surface area contributed by atoms with E-state index in [2.05, 4.69) is 10.6 Å². The molecule has 3 atom stereocenters. The molecule has 3 unspecified atom stereocenters. The third-order valence-electron chi connectivity index (χ3n) is 4.86. The fourth-order valence-electron chi connectivity index (χ4n) is 3.80. The van der Waals surface area contributed by atoms with E-state index in [4.69, 9.17) is 0 Å². The van der Waals surface area contributed by atoms with Gasteiger partial charge in [0.1, 0.15) is 0 Å². The van der Waals surface area contributed by atoms with Gasteiger partial charge in [0.2, 0.25) is 0 Å². The first-order valence-corrected chi connectivity index (χ1v) is 7.64. The van der Waals surface area contributed by atoms with E-state index in [9.17, 15) is 18.0 Å². The number of nitrogens with one attached hydrogen (secondary N) is 2. The Balaban J connectivity index is 1.51. The van der Waals surface area contributed by atoms with E-state index in [1.165, 1.54) is 31.4 Å². The normalized spacial score (nSPS) is 27.0. The summed E-state index contributed by atoms with van der Waals surface area (Å²) in [5.41, 5.74) is -0.612. The van der Waals surface area contributed by atoms with Crippen LogP contribution in [0.5, 0.6) is 0 Å². The quantitative estimate of drug-likeness (QED) is 0.860. The third kappa shape index (κ3) is 3.36. The molecule has 3 rings (SSSR count). The molecule has 6 heteroatoms. The van der Waals surface area contributed by atoms with Gasteiger partial charge in [0.05, 0.1) is 5.56 Å². The standard InChI is InChI=1S/C16H19F3N2O/c17-16(18,19)13-2-1-3-14(8-13)21-15(22)20-9-12-7-10-4-5-11(12)6-10/h1-3,8,10-12H,4-7,9H2,(H2,20,21,22). The summed E-state index contributed by atoms with van der Waals surface area (Å²) in [4.78, 5) is 11.8. The molecule has 2 bridgehead atoms. The summed E-state index contributed by atoms with van der Waals surface area (Å²) in [6.45, 7) is 0.603. The Morgan fingerprint density at radius 1 is 1.23 bits per heavy atom. The molecule has 1 aromatic rings. The molecule has 0 spiro atoms. The number of benzene rings is 1. The zero-order valence-corrected chi connectivity index (χ0v) is 12.1. The second-order valence-corrected chi connectivity index (χ2v) is 6.35. The van der Waals surface area contributed by atoms with Gasteiger partial charge in [-0.3, -0.25) is 0 Å². The molecule has 2 amide bonds. The Morgan fingerprint density at radius 3 is 2.68 bits per heavy atom. The van der Waals surface area contributed by atoms with E-state index in [0.717, 1.165) is 24.5 Å². The van der Waals surface area contributed by atoms with E-state index < -0.39 is 17.8 Å². The van der Waals surface area contributed by atoms with Gasteiger partial charge < -0.3 is 10.6 Å². The lowest BCUT2D eigenvalue weighted by Crippen LogP contribution is -2.34. The molecule has 0 aromatic heterocycles. The van der Waals surface area contributed by atoms with E-state index in [0.29, 0.717) is 18.4 Å². The summed E-state index contributed by atoms with van der Waals surface area (Å²) in [6.07, 6.45) is 0.567. The minimum atomic E-state index is -4.41. The summed E-state index contributed by atoms with van der Waals surface area (Å²) in [7, 11) is 0. The second-order valence-electron chi connectivity index (χ2n) is 6.35. The second kappa shape index (κ2) is 5.82. The van der Waals surface area contributed by atoms with Crippen molar-refractivity contribution in [3.63, 3.8) is 0 Å². The zero-order valence-electron chi connectivity index (χ0n) is 12.1. The molecule has 1 aromatic carbocycles. The molecule has 0 heterocycles. The van der Waals surface area contributed by atoms with Crippen molar-refractivity contribution in [2.75, 3.05) is 11.9 Å². The minimum absolute atomic E-state index is 0.153.